The lowest BCUT2D eigenvalue weighted by atomic mass is 10.0. The van der Waals surface area contributed by atoms with Crippen LogP contribution in [0.3, 0.4) is 0 Å². The van der Waals surface area contributed by atoms with Crippen LogP contribution in [-0.4, -0.2) is 40.5 Å². The Kier molecular flexibility index (Phi) is 5.13. The molecule has 0 unspecified atom stereocenters. The van der Waals surface area contributed by atoms with Crippen molar-refractivity contribution >= 4 is 27.4 Å². The zero-order valence-electron chi connectivity index (χ0n) is 14.9. The Bertz CT molecular complexity index is 877. The predicted molar refractivity (Wildman–Crippen MR) is 106 cm³/mol. The lowest BCUT2D eigenvalue weighted by molar-refractivity contribution is 0.167. The summed E-state index contributed by atoms with van der Waals surface area (Å²) in [4.78, 5) is 12.4. The Morgan fingerprint density at radius 2 is 2.08 bits per heavy atom. The fraction of sp³-hybridized carbons (Fsp3) is 0.400. The minimum atomic E-state index is -0.224. The molecule has 1 atom stereocenters. The number of benzene rings is 1. The van der Waals surface area contributed by atoms with Crippen LogP contribution < -0.4 is 5.32 Å². The highest BCUT2D eigenvalue weighted by Gasteiger charge is 2.18. The Hall–Kier alpha value is -2.05. The molecule has 0 amide bonds. The summed E-state index contributed by atoms with van der Waals surface area (Å²) < 4.78 is 13.3. The third kappa shape index (κ3) is 3.57. The minimum absolute atomic E-state index is 0.224. The number of halogens is 1. The Labute approximate surface area is 157 Å². The second-order valence-corrected chi connectivity index (χ2v) is 7.72. The molecule has 0 spiro atoms. The summed E-state index contributed by atoms with van der Waals surface area (Å²) in [5, 5.41) is 6.60. The van der Waals surface area contributed by atoms with Crippen molar-refractivity contribution in [3.63, 3.8) is 0 Å². The summed E-state index contributed by atoms with van der Waals surface area (Å²) in [7, 11) is 0. The molecule has 4 rings (SSSR count). The van der Waals surface area contributed by atoms with Crippen molar-refractivity contribution in [1.29, 1.82) is 0 Å². The molecule has 26 heavy (non-hydrogen) atoms. The topological polar surface area (TPSA) is 41.0 Å². The average molecular weight is 370 g/mol. The van der Waals surface area contributed by atoms with E-state index in [-0.39, 0.29) is 5.82 Å². The molecule has 4 nitrogen and oxygen atoms in total. The number of hydrogen-bond donors (Lipinski definition) is 1. The van der Waals surface area contributed by atoms with E-state index in [1.807, 2.05) is 12.1 Å². The van der Waals surface area contributed by atoms with E-state index in [1.54, 1.807) is 17.7 Å². The van der Waals surface area contributed by atoms with E-state index in [4.69, 9.17) is 0 Å². The normalized spacial score (nSPS) is 18.3. The van der Waals surface area contributed by atoms with Crippen LogP contribution in [0.5, 0.6) is 0 Å². The fourth-order valence-corrected chi connectivity index (χ4v) is 4.57. The van der Waals surface area contributed by atoms with Crippen LogP contribution in [0.4, 0.5) is 10.2 Å². The van der Waals surface area contributed by atoms with Crippen molar-refractivity contribution in [2.45, 2.75) is 32.2 Å². The Balaban J connectivity index is 1.55. The zero-order valence-corrected chi connectivity index (χ0v) is 15.7. The van der Waals surface area contributed by atoms with Crippen LogP contribution in [-0.2, 0) is 0 Å². The third-order valence-corrected chi connectivity index (χ3v) is 6.04. The number of anilines is 1. The number of hydrogen-bond acceptors (Lipinski definition) is 5. The second-order valence-electron chi connectivity index (χ2n) is 6.87. The van der Waals surface area contributed by atoms with Crippen molar-refractivity contribution in [3.8, 4) is 11.1 Å². The zero-order chi connectivity index (χ0) is 17.9. The first-order valence-corrected chi connectivity index (χ1v) is 10.1. The van der Waals surface area contributed by atoms with Gasteiger partial charge in [-0.15, -0.1) is 11.3 Å². The quantitative estimate of drug-likeness (QED) is 0.701. The van der Waals surface area contributed by atoms with E-state index in [9.17, 15) is 4.39 Å². The summed E-state index contributed by atoms with van der Waals surface area (Å²) in [6.45, 7) is 5.37. The maximum absolute atomic E-state index is 13.3. The van der Waals surface area contributed by atoms with Crippen molar-refractivity contribution in [1.82, 2.24) is 14.9 Å². The molecule has 6 heteroatoms. The first-order valence-electron chi connectivity index (χ1n) is 9.18. The molecule has 0 aliphatic carbocycles. The van der Waals surface area contributed by atoms with Crippen LogP contribution in [0.25, 0.3) is 21.3 Å². The van der Waals surface area contributed by atoms with E-state index in [1.165, 1.54) is 37.9 Å². The van der Waals surface area contributed by atoms with Gasteiger partial charge in [0.05, 0.1) is 5.39 Å². The number of likely N-dealkylation sites (tertiary alicyclic amines) is 1. The Morgan fingerprint density at radius 1 is 1.23 bits per heavy atom. The molecule has 1 fully saturated rings. The van der Waals surface area contributed by atoms with E-state index in [0.717, 1.165) is 40.3 Å². The summed E-state index contributed by atoms with van der Waals surface area (Å²) in [5.41, 5.74) is 2.04. The molecular formula is C20H23FN4S. The highest BCUT2D eigenvalue weighted by atomic mass is 32.1. The van der Waals surface area contributed by atoms with Crippen molar-refractivity contribution in [2.75, 3.05) is 25.0 Å². The van der Waals surface area contributed by atoms with Crippen molar-refractivity contribution in [3.05, 3.63) is 41.8 Å². The number of aromatic nitrogens is 2. The fourth-order valence-electron chi connectivity index (χ4n) is 3.66. The van der Waals surface area contributed by atoms with Crippen LogP contribution in [0, 0.1) is 5.82 Å². The molecule has 0 saturated carbocycles. The van der Waals surface area contributed by atoms with Gasteiger partial charge >= 0.3 is 0 Å². The molecule has 1 aromatic carbocycles. The summed E-state index contributed by atoms with van der Waals surface area (Å²) in [5.74, 6) is 0.638. The highest BCUT2D eigenvalue weighted by molar-refractivity contribution is 7.17. The molecule has 0 radical (unpaired) electrons. The van der Waals surface area contributed by atoms with Crippen molar-refractivity contribution in [2.24, 2.45) is 0 Å². The second kappa shape index (κ2) is 7.68. The number of rotatable bonds is 5. The monoisotopic (exact) mass is 370 g/mol. The number of piperidine rings is 1. The van der Waals surface area contributed by atoms with E-state index < -0.39 is 0 Å². The Morgan fingerprint density at radius 3 is 2.88 bits per heavy atom. The summed E-state index contributed by atoms with van der Waals surface area (Å²) >= 11 is 1.59. The SMILES string of the molecule is C[C@H]1CCCCN1CCNc1ncnc2scc(-c3ccc(F)cc3)c12. The first kappa shape index (κ1) is 17.4. The van der Waals surface area contributed by atoms with Crippen LogP contribution >= 0.6 is 11.3 Å². The standard InChI is InChI=1S/C20H23FN4S/c1-14-4-2-3-10-25(14)11-9-22-19-18-17(12-26-20(18)24-13-23-19)15-5-7-16(21)8-6-15/h5-8,12-14H,2-4,9-11H2,1H3,(H,22,23,24)/t14-/m0/s1. The molecule has 3 heterocycles. The van der Waals surface area contributed by atoms with Gasteiger partial charge in [-0.2, -0.15) is 0 Å². The van der Waals surface area contributed by atoms with Gasteiger partial charge in [0.15, 0.2) is 0 Å². The van der Waals surface area contributed by atoms with Crippen LogP contribution in [0.15, 0.2) is 36.0 Å². The number of nitrogens with zero attached hydrogens (tertiary/aromatic N) is 3. The molecular weight excluding hydrogens is 347 g/mol. The molecule has 3 aromatic rings. The summed E-state index contributed by atoms with van der Waals surface area (Å²) in [6, 6.07) is 7.26. The smallest absolute Gasteiger partial charge is 0.138 e. The molecule has 2 aromatic heterocycles. The van der Waals surface area contributed by atoms with Gasteiger partial charge in [-0.05, 0) is 44.0 Å². The molecule has 1 aliphatic rings. The molecule has 136 valence electrons. The van der Waals surface area contributed by atoms with Gasteiger partial charge in [-0.1, -0.05) is 18.6 Å². The predicted octanol–water partition coefficient (Wildman–Crippen LogP) is 4.78. The minimum Gasteiger partial charge on any atom is -0.368 e. The van der Waals surface area contributed by atoms with Crippen LogP contribution in [0.1, 0.15) is 26.2 Å². The number of fused-ring (bicyclic) bond motifs is 1. The maximum atomic E-state index is 13.3. The van der Waals surface area contributed by atoms with Crippen LogP contribution in [0.2, 0.25) is 0 Å². The van der Waals surface area contributed by atoms with Gasteiger partial charge in [0.25, 0.3) is 0 Å². The third-order valence-electron chi connectivity index (χ3n) is 5.16. The van der Waals surface area contributed by atoms with E-state index >= 15 is 0 Å². The maximum Gasteiger partial charge on any atom is 0.138 e. The molecule has 1 aliphatic heterocycles. The van der Waals surface area contributed by atoms with E-state index in [0.29, 0.717) is 6.04 Å². The molecule has 0 bridgehead atoms. The van der Waals surface area contributed by atoms with E-state index in [2.05, 4.69) is 32.5 Å². The summed E-state index contributed by atoms with van der Waals surface area (Å²) in [6.07, 6.45) is 5.53. The van der Waals surface area contributed by atoms with Crippen molar-refractivity contribution < 1.29 is 4.39 Å². The van der Waals surface area contributed by atoms with Gasteiger partial charge in [-0.25, -0.2) is 14.4 Å². The molecule has 1 N–H and O–H groups in total. The van der Waals surface area contributed by atoms with Gasteiger partial charge in [0.2, 0.25) is 0 Å². The largest absolute Gasteiger partial charge is 0.368 e. The lowest BCUT2D eigenvalue weighted by Gasteiger charge is -2.33. The number of thiophene rings is 1. The van der Waals surface area contributed by atoms with Gasteiger partial charge in [0, 0.05) is 30.1 Å². The first-order chi connectivity index (χ1) is 12.7. The molecule has 1 saturated heterocycles. The number of nitrogens with one attached hydrogen (secondary N) is 1. The average Bonchev–Trinajstić information content (AvgIpc) is 3.09. The van der Waals surface area contributed by atoms with Gasteiger partial charge < -0.3 is 5.32 Å². The highest BCUT2D eigenvalue weighted by Crippen LogP contribution is 2.36. The van der Waals surface area contributed by atoms with Gasteiger partial charge in [-0.3, -0.25) is 4.90 Å². The lowest BCUT2D eigenvalue weighted by Crippen LogP contribution is -2.40. The van der Waals surface area contributed by atoms with Gasteiger partial charge in [0.1, 0.15) is 22.8 Å².